The van der Waals surface area contributed by atoms with Crippen LogP contribution in [0.3, 0.4) is 0 Å². The molecule has 0 atom stereocenters. The van der Waals surface area contributed by atoms with Gasteiger partial charge in [0.2, 0.25) is 5.88 Å². The molecule has 1 saturated heterocycles. The van der Waals surface area contributed by atoms with Gasteiger partial charge in [0.1, 0.15) is 5.56 Å². The van der Waals surface area contributed by atoms with Crippen LogP contribution in [0.4, 0.5) is 4.79 Å². The number of allylic oxidation sites excluding steroid dienone is 2. The van der Waals surface area contributed by atoms with Crippen LogP contribution < -0.4 is 11.2 Å². The molecule has 200 valence electrons. The Morgan fingerprint density at radius 2 is 1.33 bits per heavy atom. The number of hydrogen-bond acceptors (Lipinski definition) is 5. The van der Waals surface area contributed by atoms with E-state index in [2.05, 4.69) is 0 Å². The first-order chi connectivity index (χ1) is 17.3. The molecule has 36 heavy (non-hydrogen) atoms. The van der Waals surface area contributed by atoms with Crippen LogP contribution in [0.25, 0.3) is 6.08 Å². The zero-order valence-electron chi connectivity index (χ0n) is 22.3. The van der Waals surface area contributed by atoms with Crippen LogP contribution in [-0.4, -0.2) is 55.6 Å². The molecule has 1 aliphatic heterocycles. The van der Waals surface area contributed by atoms with Gasteiger partial charge >= 0.3 is 11.7 Å². The molecule has 0 unspecified atom stereocenters. The van der Waals surface area contributed by atoms with Crippen LogP contribution in [0.5, 0.6) is 5.88 Å². The summed E-state index contributed by atoms with van der Waals surface area (Å²) in [6.45, 7) is 9.75. The fourth-order valence-electron chi connectivity index (χ4n) is 4.08. The molecule has 2 heterocycles. The van der Waals surface area contributed by atoms with E-state index in [4.69, 9.17) is 0 Å². The molecule has 3 amide bonds. The summed E-state index contributed by atoms with van der Waals surface area (Å²) in [5, 5.41) is 10.8. The minimum atomic E-state index is -0.548. The fourth-order valence-corrected chi connectivity index (χ4v) is 4.08. The van der Waals surface area contributed by atoms with Crippen molar-refractivity contribution < 1.29 is 14.7 Å². The Bertz CT molecular complexity index is 1080. The van der Waals surface area contributed by atoms with Crippen LogP contribution >= 0.6 is 0 Å². The van der Waals surface area contributed by atoms with E-state index in [-0.39, 0.29) is 36.5 Å². The summed E-state index contributed by atoms with van der Waals surface area (Å²) in [4.78, 5) is 54.8. The summed E-state index contributed by atoms with van der Waals surface area (Å²) in [5.41, 5.74) is -0.589. The molecule has 9 nitrogen and oxygen atoms in total. The number of carbonyl (C=O) groups excluding carboxylic acids is 2. The maximum atomic E-state index is 13.1. The van der Waals surface area contributed by atoms with Crippen molar-refractivity contribution in [2.24, 2.45) is 0 Å². The molecule has 0 aromatic carbocycles. The molecule has 1 aliphatic rings. The molecular formula is C27H42N4O5. The van der Waals surface area contributed by atoms with Crippen molar-refractivity contribution >= 4 is 18.0 Å². The Labute approximate surface area is 213 Å². The van der Waals surface area contributed by atoms with E-state index >= 15 is 0 Å². The molecule has 0 radical (unpaired) electrons. The van der Waals surface area contributed by atoms with Crippen LogP contribution in [0, 0.1) is 0 Å². The minimum absolute atomic E-state index is 0.0173. The summed E-state index contributed by atoms with van der Waals surface area (Å²) >= 11 is 0. The van der Waals surface area contributed by atoms with Gasteiger partial charge in [-0.2, -0.15) is 0 Å². The average molecular weight is 503 g/mol. The third kappa shape index (κ3) is 6.98. The van der Waals surface area contributed by atoms with Crippen LogP contribution in [0.2, 0.25) is 0 Å². The lowest BCUT2D eigenvalue weighted by molar-refractivity contribution is -0.126. The van der Waals surface area contributed by atoms with Crippen LogP contribution in [0.15, 0.2) is 27.3 Å². The second-order valence-corrected chi connectivity index (χ2v) is 9.25. The normalized spacial score (nSPS) is 15.6. The number of unbranched alkanes of at least 4 members (excludes halogenated alkanes) is 4. The molecule has 1 fully saturated rings. The van der Waals surface area contributed by atoms with E-state index in [9.17, 15) is 24.3 Å². The first-order valence-electron chi connectivity index (χ1n) is 13.4. The van der Waals surface area contributed by atoms with Gasteiger partial charge in [0.25, 0.3) is 11.5 Å². The Morgan fingerprint density at radius 1 is 0.778 bits per heavy atom. The molecule has 1 N–H and O–H groups in total. The smallest absolute Gasteiger partial charge is 0.333 e. The summed E-state index contributed by atoms with van der Waals surface area (Å²) in [7, 11) is 0. The van der Waals surface area contributed by atoms with Gasteiger partial charge < -0.3 is 10.0 Å². The molecule has 0 spiro atoms. The van der Waals surface area contributed by atoms with Gasteiger partial charge in [-0.05, 0) is 31.8 Å². The number of carbonyl (C=O) groups is 2. The number of amides is 3. The topological polar surface area (TPSA) is 105 Å². The van der Waals surface area contributed by atoms with Gasteiger partial charge in [-0.25, -0.2) is 9.59 Å². The van der Waals surface area contributed by atoms with Gasteiger partial charge in [0.15, 0.2) is 0 Å². The van der Waals surface area contributed by atoms with E-state index < -0.39 is 11.2 Å². The number of rotatable bonds is 14. The van der Waals surface area contributed by atoms with Gasteiger partial charge in [0, 0.05) is 31.8 Å². The van der Waals surface area contributed by atoms with Crippen LogP contribution in [0.1, 0.15) is 84.6 Å². The zero-order chi connectivity index (χ0) is 26.7. The van der Waals surface area contributed by atoms with E-state index in [1.807, 2.05) is 27.7 Å². The average Bonchev–Trinajstić information content (AvgIpc) is 2.86. The predicted molar refractivity (Wildman–Crippen MR) is 142 cm³/mol. The lowest BCUT2D eigenvalue weighted by Crippen LogP contribution is -2.53. The summed E-state index contributed by atoms with van der Waals surface area (Å²) in [5.74, 6) is -0.691. The highest BCUT2D eigenvalue weighted by Crippen LogP contribution is 2.19. The van der Waals surface area contributed by atoms with Gasteiger partial charge in [-0.1, -0.05) is 65.5 Å². The third-order valence-electron chi connectivity index (χ3n) is 6.36. The fraction of sp³-hybridized carbons (Fsp3) is 0.630. The number of aromatic nitrogens is 2. The molecular weight excluding hydrogens is 460 g/mol. The molecule has 2 rings (SSSR count). The Hall–Kier alpha value is -3.10. The van der Waals surface area contributed by atoms with Gasteiger partial charge in [0.05, 0.1) is 6.54 Å². The minimum Gasteiger partial charge on any atom is -0.494 e. The molecule has 1 aromatic heterocycles. The van der Waals surface area contributed by atoms with Crippen molar-refractivity contribution in [1.29, 1.82) is 0 Å². The van der Waals surface area contributed by atoms with E-state index in [0.717, 1.165) is 38.5 Å². The maximum absolute atomic E-state index is 13.1. The standard InChI is InChI=1S/C27H42N4O5/c1-5-9-16-28-20-21(23(32)29(26(28)35)17-10-6-2)14-13-15-22-24(33)30(18-11-7-3)27(36)31(25(22)34)19-12-8-4/h13-15,33H,5-12,16-20H2,1-4H3/b15-13+,21-14+. The monoisotopic (exact) mass is 502 g/mol. The van der Waals surface area contributed by atoms with Crippen molar-refractivity contribution in [3.8, 4) is 5.88 Å². The second-order valence-electron chi connectivity index (χ2n) is 9.25. The Kier molecular flexibility index (Phi) is 11.7. The maximum Gasteiger partial charge on any atom is 0.333 e. The number of imide groups is 1. The Balaban J connectivity index is 2.46. The summed E-state index contributed by atoms with van der Waals surface area (Å²) in [6.07, 6.45) is 11.0. The third-order valence-corrected chi connectivity index (χ3v) is 6.36. The van der Waals surface area contributed by atoms with Gasteiger partial charge in [-0.3, -0.25) is 23.6 Å². The van der Waals surface area contributed by atoms with E-state index in [1.165, 1.54) is 20.1 Å². The largest absolute Gasteiger partial charge is 0.494 e. The Morgan fingerprint density at radius 3 is 1.94 bits per heavy atom. The van der Waals surface area contributed by atoms with Gasteiger partial charge in [-0.15, -0.1) is 0 Å². The summed E-state index contributed by atoms with van der Waals surface area (Å²) in [6, 6.07) is -0.262. The van der Waals surface area contributed by atoms with Crippen molar-refractivity contribution in [2.45, 2.75) is 92.2 Å². The summed E-state index contributed by atoms with van der Waals surface area (Å²) < 4.78 is 2.42. The first-order valence-corrected chi connectivity index (χ1v) is 13.4. The molecule has 9 heteroatoms. The van der Waals surface area contributed by atoms with E-state index in [1.54, 1.807) is 17.1 Å². The van der Waals surface area contributed by atoms with Crippen molar-refractivity contribution in [2.75, 3.05) is 19.6 Å². The second kappa shape index (κ2) is 14.5. The van der Waals surface area contributed by atoms with Crippen LogP contribution in [-0.2, 0) is 17.9 Å². The van der Waals surface area contributed by atoms with Crippen molar-refractivity contribution in [1.82, 2.24) is 18.9 Å². The number of hydrogen-bond donors (Lipinski definition) is 1. The lowest BCUT2D eigenvalue weighted by atomic mass is 10.1. The number of urea groups is 1. The highest BCUT2D eigenvalue weighted by atomic mass is 16.3. The zero-order valence-corrected chi connectivity index (χ0v) is 22.3. The molecule has 0 saturated carbocycles. The lowest BCUT2D eigenvalue weighted by Gasteiger charge is -2.35. The molecule has 1 aromatic rings. The molecule has 0 bridgehead atoms. The SMILES string of the molecule is CCCCN1C/C(=C\C=C\c2c(O)n(CCCC)c(=O)n(CCCC)c2=O)C(=O)N(CCCC)C1=O. The predicted octanol–water partition coefficient (Wildman–Crippen LogP) is 4.12. The quantitative estimate of drug-likeness (QED) is 0.385. The number of aromatic hydroxyl groups is 1. The highest BCUT2D eigenvalue weighted by molar-refractivity contribution is 6.07. The van der Waals surface area contributed by atoms with Crippen molar-refractivity contribution in [3.63, 3.8) is 0 Å². The first kappa shape index (κ1) is 29.1. The number of nitrogens with zero attached hydrogens (tertiary/aromatic N) is 4. The highest BCUT2D eigenvalue weighted by Gasteiger charge is 2.34. The van der Waals surface area contributed by atoms with E-state index in [0.29, 0.717) is 38.0 Å². The van der Waals surface area contributed by atoms with Crippen molar-refractivity contribution in [3.05, 3.63) is 44.1 Å². The molecule has 0 aliphatic carbocycles.